The molecule has 19 heavy (non-hydrogen) atoms. The Morgan fingerprint density at radius 1 is 1.32 bits per heavy atom. The molecule has 5 heteroatoms. The number of aryl methyl sites for hydroxylation is 1. The lowest BCUT2D eigenvalue weighted by atomic mass is 9.87. The Morgan fingerprint density at radius 3 is 2.84 bits per heavy atom. The Labute approximate surface area is 118 Å². The summed E-state index contributed by atoms with van der Waals surface area (Å²) in [6.07, 6.45) is 8.43. The molecule has 0 atom stereocenters. The maximum Gasteiger partial charge on any atom is 0.154 e. The Morgan fingerprint density at radius 2 is 2.11 bits per heavy atom. The highest BCUT2D eigenvalue weighted by Gasteiger charge is 2.21. The molecule has 1 aliphatic carbocycles. The normalized spacial score (nSPS) is 23.7. The van der Waals surface area contributed by atoms with Crippen LogP contribution in [-0.4, -0.2) is 26.5 Å². The Balaban J connectivity index is 1.75. The molecule has 0 bridgehead atoms. The van der Waals surface area contributed by atoms with Gasteiger partial charge in [-0.05, 0) is 37.7 Å². The van der Waals surface area contributed by atoms with Crippen molar-refractivity contribution in [3.05, 3.63) is 18.6 Å². The molecule has 0 saturated heterocycles. The summed E-state index contributed by atoms with van der Waals surface area (Å²) in [6.45, 7) is 0. The zero-order valence-electron chi connectivity index (χ0n) is 11.1. The molecule has 1 N–H and O–H groups in total. The van der Waals surface area contributed by atoms with Crippen LogP contribution in [0.1, 0.15) is 25.7 Å². The van der Waals surface area contributed by atoms with Gasteiger partial charge in [-0.1, -0.05) is 0 Å². The van der Waals surface area contributed by atoms with Gasteiger partial charge in [-0.3, -0.25) is 0 Å². The van der Waals surface area contributed by atoms with Gasteiger partial charge in [0.05, 0.1) is 11.8 Å². The molecular weight excluding hydrogens is 260 g/mol. The van der Waals surface area contributed by atoms with Crippen LogP contribution >= 0.6 is 11.6 Å². The van der Waals surface area contributed by atoms with Crippen molar-refractivity contribution in [2.24, 2.45) is 13.0 Å². The average Bonchev–Trinajstić information content (AvgIpc) is 2.83. The topological polar surface area (TPSA) is 42.7 Å². The van der Waals surface area contributed by atoms with E-state index in [4.69, 9.17) is 11.6 Å². The van der Waals surface area contributed by atoms with E-state index in [-0.39, 0.29) is 0 Å². The number of fused-ring (bicyclic) bond motifs is 1. The Kier molecular flexibility index (Phi) is 3.60. The maximum atomic E-state index is 5.92. The third-order valence-electron chi connectivity index (χ3n) is 4.05. The van der Waals surface area contributed by atoms with Crippen LogP contribution in [0.5, 0.6) is 0 Å². The predicted octanol–water partition coefficient (Wildman–Crippen LogP) is 3.18. The lowest BCUT2D eigenvalue weighted by molar-refractivity contribution is 0.364. The molecule has 3 rings (SSSR count). The van der Waals surface area contributed by atoms with Crippen molar-refractivity contribution >= 4 is 28.5 Å². The number of aromatic nitrogens is 3. The molecule has 2 heterocycles. The van der Waals surface area contributed by atoms with Crippen molar-refractivity contribution in [2.45, 2.75) is 31.7 Å². The predicted molar refractivity (Wildman–Crippen MR) is 78.6 cm³/mol. The average molecular weight is 279 g/mol. The van der Waals surface area contributed by atoms with Crippen LogP contribution in [0, 0.1) is 5.92 Å². The number of pyridine rings is 1. The molecule has 0 aliphatic heterocycles. The molecule has 0 amide bonds. The van der Waals surface area contributed by atoms with Gasteiger partial charge in [-0.15, -0.1) is 11.6 Å². The Bertz CT molecular complexity index is 558. The molecule has 1 fully saturated rings. The minimum Gasteiger partial charge on any atom is -0.365 e. The minimum atomic E-state index is 0.500. The number of nitrogens with one attached hydrogen (secondary N) is 1. The number of halogens is 1. The van der Waals surface area contributed by atoms with E-state index in [0.717, 1.165) is 22.7 Å². The SMILES string of the molecule is Cn1cnc2c(NC3CCC(CCl)CC3)nccc21. The molecule has 0 unspecified atom stereocenters. The molecule has 1 aliphatic rings. The van der Waals surface area contributed by atoms with Crippen molar-refractivity contribution in [1.82, 2.24) is 14.5 Å². The van der Waals surface area contributed by atoms with Gasteiger partial charge in [0.15, 0.2) is 5.82 Å². The number of alkyl halides is 1. The number of nitrogens with zero attached hydrogens (tertiary/aromatic N) is 3. The van der Waals surface area contributed by atoms with E-state index in [1.807, 2.05) is 30.2 Å². The van der Waals surface area contributed by atoms with E-state index < -0.39 is 0 Å². The van der Waals surface area contributed by atoms with Gasteiger partial charge in [-0.25, -0.2) is 9.97 Å². The second-order valence-corrected chi connectivity index (χ2v) is 5.71. The molecule has 0 spiro atoms. The van der Waals surface area contributed by atoms with E-state index in [9.17, 15) is 0 Å². The van der Waals surface area contributed by atoms with E-state index in [1.165, 1.54) is 25.7 Å². The van der Waals surface area contributed by atoms with E-state index in [1.54, 1.807) is 0 Å². The van der Waals surface area contributed by atoms with Crippen molar-refractivity contribution < 1.29 is 0 Å². The first-order valence-corrected chi connectivity index (χ1v) is 7.40. The standard InChI is InChI=1S/C14H19ClN4/c1-19-9-17-13-12(19)6-7-16-14(13)18-11-4-2-10(8-15)3-5-11/h6-7,9-11H,2-5,8H2,1H3,(H,16,18). The van der Waals surface area contributed by atoms with Gasteiger partial charge >= 0.3 is 0 Å². The van der Waals surface area contributed by atoms with Crippen LogP contribution in [0.25, 0.3) is 11.0 Å². The van der Waals surface area contributed by atoms with Gasteiger partial charge in [0.2, 0.25) is 0 Å². The molecule has 4 nitrogen and oxygen atoms in total. The fraction of sp³-hybridized carbons (Fsp3) is 0.571. The summed E-state index contributed by atoms with van der Waals surface area (Å²) in [7, 11) is 2.00. The summed E-state index contributed by atoms with van der Waals surface area (Å²) < 4.78 is 2.02. The highest BCUT2D eigenvalue weighted by atomic mass is 35.5. The number of hydrogen-bond donors (Lipinski definition) is 1. The first kappa shape index (κ1) is 12.7. The molecule has 2 aromatic heterocycles. The molecule has 1 saturated carbocycles. The van der Waals surface area contributed by atoms with Crippen LogP contribution in [0.4, 0.5) is 5.82 Å². The Hall–Kier alpha value is -1.29. The van der Waals surface area contributed by atoms with Crippen LogP contribution in [0.2, 0.25) is 0 Å². The number of anilines is 1. The van der Waals surface area contributed by atoms with Gasteiger partial charge in [0, 0.05) is 25.2 Å². The quantitative estimate of drug-likeness (QED) is 0.877. The highest BCUT2D eigenvalue weighted by Crippen LogP contribution is 2.28. The van der Waals surface area contributed by atoms with Gasteiger partial charge in [-0.2, -0.15) is 0 Å². The third kappa shape index (κ3) is 2.54. The second-order valence-electron chi connectivity index (χ2n) is 5.40. The van der Waals surface area contributed by atoms with Gasteiger partial charge in [0.1, 0.15) is 5.52 Å². The number of rotatable bonds is 3. The van der Waals surface area contributed by atoms with Crippen LogP contribution < -0.4 is 5.32 Å². The first-order valence-electron chi connectivity index (χ1n) is 6.86. The van der Waals surface area contributed by atoms with Crippen molar-refractivity contribution in [1.29, 1.82) is 0 Å². The van der Waals surface area contributed by atoms with Crippen LogP contribution in [0.15, 0.2) is 18.6 Å². The van der Waals surface area contributed by atoms with Crippen LogP contribution in [-0.2, 0) is 7.05 Å². The summed E-state index contributed by atoms with van der Waals surface area (Å²) in [5.74, 6) is 2.39. The molecule has 0 aromatic carbocycles. The first-order chi connectivity index (χ1) is 9.28. The third-order valence-corrected chi connectivity index (χ3v) is 4.49. The molecular formula is C14H19ClN4. The van der Waals surface area contributed by atoms with E-state index in [0.29, 0.717) is 12.0 Å². The van der Waals surface area contributed by atoms with Crippen molar-refractivity contribution in [3.63, 3.8) is 0 Å². The van der Waals surface area contributed by atoms with E-state index >= 15 is 0 Å². The zero-order valence-corrected chi connectivity index (χ0v) is 11.9. The summed E-state index contributed by atoms with van der Waals surface area (Å²) in [5.41, 5.74) is 2.08. The number of imidazole rings is 1. The summed E-state index contributed by atoms with van der Waals surface area (Å²) in [4.78, 5) is 8.87. The molecule has 2 aromatic rings. The largest absolute Gasteiger partial charge is 0.365 e. The fourth-order valence-electron chi connectivity index (χ4n) is 2.82. The second kappa shape index (κ2) is 5.37. The van der Waals surface area contributed by atoms with Gasteiger partial charge in [0.25, 0.3) is 0 Å². The van der Waals surface area contributed by atoms with Gasteiger partial charge < -0.3 is 9.88 Å². The zero-order chi connectivity index (χ0) is 13.2. The van der Waals surface area contributed by atoms with Crippen LogP contribution in [0.3, 0.4) is 0 Å². The van der Waals surface area contributed by atoms with E-state index in [2.05, 4.69) is 15.3 Å². The lowest BCUT2D eigenvalue weighted by Gasteiger charge is -2.28. The summed E-state index contributed by atoms with van der Waals surface area (Å²) in [6, 6.07) is 2.50. The summed E-state index contributed by atoms with van der Waals surface area (Å²) in [5, 5.41) is 3.55. The smallest absolute Gasteiger partial charge is 0.154 e. The number of hydrogen-bond acceptors (Lipinski definition) is 3. The minimum absolute atomic E-state index is 0.500. The summed E-state index contributed by atoms with van der Waals surface area (Å²) >= 11 is 5.92. The highest BCUT2D eigenvalue weighted by molar-refractivity contribution is 6.18. The fourth-order valence-corrected chi connectivity index (χ4v) is 3.13. The van der Waals surface area contributed by atoms with Crippen molar-refractivity contribution in [2.75, 3.05) is 11.2 Å². The molecule has 0 radical (unpaired) electrons. The molecule has 102 valence electrons. The maximum absolute atomic E-state index is 5.92. The lowest BCUT2D eigenvalue weighted by Crippen LogP contribution is -2.27. The van der Waals surface area contributed by atoms with Crippen molar-refractivity contribution in [3.8, 4) is 0 Å². The monoisotopic (exact) mass is 278 g/mol.